The fraction of sp³-hybridized carbons (Fsp3) is 0.190. The van der Waals surface area contributed by atoms with Crippen LogP contribution in [0.5, 0.6) is 11.5 Å². The number of halogens is 1. The Kier molecular flexibility index (Phi) is 6.04. The number of anilines is 1. The molecule has 29 heavy (non-hydrogen) atoms. The molecule has 0 bridgehead atoms. The van der Waals surface area contributed by atoms with E-state index in [0.29, 0.717) is 22.3 Å². The fourth-order valence-electron chi connectivity index (χ4n) is 3.04. The number of phenolic OH excluding ortho intramolecular Hbond substituents is 1. The average molecular weight is 475 g/mol. The number of carbonyl (C=O) groups excluding carboxylic acids is 2. The number of nitrogens with one attached hydrogen (secondary N) is 1. The minimum atomic E-state index is -0.580. The fourth-order valence-corrected chi connectivity index (χ4v) is 3.78. The van der Waals surface area contributed by atoms with E-state index in [1.54, 1.807) is 25.1 Å². The minimum absolute atomic E-state index is 0.0333. The molecule has 1 heterocycles. The van der Waals surface area contributed by atoms with Gasteiger partial charge in [0.1, 0.15) is 5.57 Å². The zero-order valence-corrected chi connectivity index (χ0v) is 18.5. The Labute approximate surface area is 182 Å². The van der Waals surface area contributed by atoms with E-state index in [4.69, 9.17) is 17.0 Å². The molecular formula is C21H19BrN2O4S. The van der Waals surface area contributed by atoms with Gasteiger partial charge in [-0.3, -0.25) is 19.8 Å². The van der Waals surface area contributed by atoms with Crippen molar-refractivity contribution in [3.63, 3.8) is 0 Å². The Morgan fingerprint density at radius 3 is 2.62 bits per heavy atom. The van der Waals surface area contributed by atoms with Gasteiger partial charge in [0.15, 0.2) is 16.6 Å². The lowest BCUT2D eigenvalue weighted by Crippen LogP contribution is -2.54. The highest BCUT2D eigenvalue weighted by Crippen LogP contribution is 2.36. The van der Waals surface area contributed by atoms with Crippen molar-refractivity contribution < 1.29 is 19.4 Å². The van der Waals surface area contributed by atoms with Crippen molar-refractivity contribution in [3.8, 4) is 11.5 Å². The third kappa shape index (κ3) is 4.18. The van der Waals surface area contributed by atoms with Crippen molar-refractivity contribution >= 4 is 56.8 Å². The minimum Gasteiger partial charge on any atom is -0.503 e. The summed E-state index contributed by atoms with van der Waals surface area (Å²) >= 11 is 8.51. The van der Waals surface area contributed by atoms with Crippen LogP contribution in [-0.2, 0) is 9.59 Å². The van der Waals surface area contributed by atoms with Gasteiger partial charge in [0, 0.05) is 0 Å². The Morgan fingerprint density at radius 1 is 1.24 bits per heavy atom. The molecule has 0 spiro atoms. The van der Waals surface area contributed by atoms with Gasteiger partial charge in [0.25, 0.3) is 11.8 Å². The summed E-state index contributed by atoms with van der Waals surface area (Å²) in [6, 6.07) is 8.78. The molecule has 2 N–H and O–H groups in total. The zero-order chi connectivity index (χ0) is 21.3. The Bertz CT molecular complexity index is 1060. The molecule has 2 aromatic rings. The van der Waals surface area contributed by atoms with Crippen LogP contribution in [0.2, 0.25) is 0 Å². The third-order valence-corrected chi connectivity index (χ3v) is 5.25. The van der Waals surface area contributed by atoms with Crippen LogP contribution >= 0.6 is 28.1 Å². The molecule has 0 radical (unpaired) electrons. The van der Waals surface area contributed by atoms with Gasteiger partial charge in [-0.05, 0) is 84.3 Å². The second-order valence-corrected chi connectivity index (χ2v) is 7.77. The Balaban J connectivity index is 2.06. The first-order valence-electron chi connectivity index (χ1n) is 8.87. The van der Waals surface area contributed by atoms with Crippen molar-refractivity contribution in [2.45, 2.75) is 20.8 Å². The number of rotatable bonds is 4. The summed E-state index contributed by atoms with van der Waals surface area (Å²) in [5.41, 5.74) is 2.98. The summed E-state index contributed by atoms with van der Waals surface area (Å²) in [6.45, 7) is 5.98. The zero-order valence-electron chi connectivity index (χ0n) is 16.1. The largest absolute Gasteiger partial charge is 0.503 e. The highest BCUT2D eigenvalue weighted by Gasteiger charge is 2.35. The summed E-state index contributed by atoms with van der Waals surface area (Å²) in [5, 5.41) is 12.7. The molecular weight excluding hydrogens is 456 g/mol. The molecule has 1 saturated heterocycles. The summed E-state index contributed by atoms with van der Waals surface area (Å²) in [7, 11) is 0. The van der Waals surface area contributed by atoms with Crippen LogP contribution in [0.25, 0.3) is 6.08 Å². The number of thiocarbonyl (C=S) groups is 1. The number of hydrogen-bond donors (Lipinski definition) is 2. The van der Waals surface area contributed by atoms with E-state index in [9.17, 15) is 14.7 Å². The van der Waals surface area contributed by atoms with Crippen molar-refractivity contribution in [2.75, 3.05) is 11.5 Å². The highest BCUT2D eigenvalue weighted by atomic mass is 79.9. The number of benzene rings is 2. The lowest BCUT2D eigenvalue weighted by atomic mass is 10.0. The molecule has 1 fully saturated rings. The number of aryl methyl sites for hydroxylation is 2. The molecule has 1 aliphatic rings. The average Bonchev–Trinajstić information content (AvgIpc) is 2.64. The van der Waals surface area contributed by atoms with Crippen LogP contribution in [0.4, 0.5) is 5.69 Å². The van der Waals surface area contributed by atoms with Crippen LogP contribution in [0.3, 0.4) is 0 Å². The smallest absolute Gasteiger partial charge is 0.270 e. The molecule has 0 aromatic heterocycles. The Morgan fingerprint density at radius 2 is 1.97 bits per heavy atom. The molecule has 2 amide bonds. The SMILES string of the molecule is CCOc1cc(/C=C2\C(=O)NC(=S)N(c3ccc(C)cc3C)C2=O)cc(Br)c1O. The first kappa shape index (κ1) is 21.0. The van der Waals surface area contributed by atoms with E-state index in [0.717, 1.165) is 11.1 Å². The summed E-state index contributed by atoms with van der Waals surface area (Å²) in [4.78, 5) is 27.0. The number of amides is 2. The van der Waals surface area contributed by atoms with Crippen molar-refractivity contribution in [1.82, 2.24) is 5.32 Å². The number of phenols is 1. The standard InChI is InChI=1S/C21H19BrN2O4S/c1-4-28-17-10-13(9-15(22)18(17)25)8-14-19(26)23-21(29)24(20(14)27)16-6-5-11(2)7-12(16)3/h5-10,25H,4H2,1-3H3,(H,23,26,29)/b14-8+. The number of carbonyl (C=O) groups is 2. The van der Waals surface area contributed by atoms with E-state index < -0.39 is 11.8 Å². The molecule has 0 aliphatic carbocycles. The quantitative estimate of drug-likeness (QED) is 0.397. The first-order chi connectivity index (χ1) is 13.7. The van der Waals surface area contributed by atoms with E-state index in [-0.39, 0.29) is 22.2 Å². The van der Waals surface area contributed by atoms with Gasteiger partial charge in [-0.15, -0.1) is 0 Å². The van der Waals surface area contributed by atoms with Gasteiger partial charge < -0.3 is 9.84 Å². The van der Waals surface area contributed by atoms with Crippen molar-refractivity contribution in [3.05, 3.63) is 57.1 Å². The topological polar surface area (TPSA) is 78.9 Å². The lowest BCUT2D eigenvalue weighted by molar-refractivity contribution is -0.122. The number of hydrogen-bond acceptors (Lipinski definition) is 5. The monoisotopic (exact) mass is 474 g/mol. The maximum Gasteiger partial charge on any atom is 0.270 e. The van der Waals surface area contributed by atoms with Crippen LogP contribution < -0.4 is 15.0 Å². The molecule has 3 rings (SSSR count). The van der Waals surface area contributed by atoms with E-state index in [1.165, 1.54) is 11.0 Å². The van der Waals surface area contributed by atoms with Crippen molar-refractivity contribution in [2.24, 2.45) is 0 Å². The van der Waals surface area contributed by atoms with Gasteiger partial charge >= 0.3 is 0 Å². The second-order valence-electron chi connectivity index (χ2n) is 6.53. The lowest BCUT2D eigenvalue weighted by Gasteiger charge is -2.30. The van der Waals surface area contributed by atoms with Gasteiger partial charge in [0.2, 0.25) is 0 Å². The normalized spacial score (nSPS) is 15.7. The highest BCUT2D eigenvalue weighted by molar-refractivity contribution is 9.10. The van der Waals surface area contributed by atoms with E-state index in [2.05, 4.69) is 21.2 Å². The molecule has 150 valence electrons. The van der Waals surface area contributed by atoms with Gasteiger partial charge in [-0.2, -0.15) is 0 Å². The van der Waals surface area contributed by atoms with Crippen molar-refractivity contribution in [1.29, 1.82) is 0 Å². The third-order valence-electron chi connectivity index (χ3n) is 4.36. The second kappa shape index (κ2) is 8.34. The molecule has 0 atom stereocenters. The molecule has 1 aliphatic heterocycles. The van der Waals surface area contributed by atoms with Gasteiger partial charge in [-0.25, -0.2) is 0 Å². The molecule has 6 nitrogen and oxygen atoms in total. The number of aromatic hydroxyl groups is 1. The maximum atomic E-state index is 13.2. The van der Waals surface area contributed by atoms with Crippen LogP contribution in [0, 0.1) is 13.8 Å². The van der Waals surface area contributed by atoms with Crippen LogP contribution in [-0.4, -0.2) is 28.6 Å². The summed E-state index contributed by atoms with van der Waals surface area (Å²) < 4.78 is 5.80. The molecule has 0 unspecified atom stereocenters. The predicted octanol–water partition coefficient (Wildman–Crippen LogP) is 4.00. The number of nitrogens with zero attached hydrogens (tertiary/aromatic N) is 1. The van der Waals surface area contributed by atoms with Crippen LogP contribution in [0.15, 0.2) is 40.4 Å². The van der Waals surface area contributed by atoms with E-state index >= 15 is 0 Å². The predicted molar refractivity (Wildman–Crippen MR) is 119 cm³/mol. The Hall–Kier alpha value is -2.71. The molecule has 0 saturated carbocycles. The van der Waals surface area contributed by atoms with E-state index in [1.807, 2.05) is 26.0 Å². The summed E-state index contributed by atoms with van der Waals surface area (Å²) in [6.07, 6.45) is 1.45. The van der Waals surface area contributed by atoms with Gasteiger partial charge in [0.05, 0.1) is 16.8 Å². The number of ether oxygens (including phenoxy) is 1. The van der Waals surface area contributed by atoms with Gasteiger partial charge in [-0.1, -0.05) is 17.7 Å². The summed E-state index contributed by atoms with van der Waals surface area (Å²) in [5.74, 6) is -0.901. The first-order valence-corrected chi connectivity index (χ1v) is 10.1. The molecule has 8 heteroatoms. The van der Waals surface area contributed by atoms with Crippen LogP contribution in [0.1, 0.15) is 23.6 Å². The maximum absolute atomic E-state index is 13.2. The molecule has 2 aromatic carbocycles.